The highest BCUT2D eigenvalue weighted by molar-refractivity contribution is 5.96. The molecule has 3 heteroatoms. The Balaban J connectivity index is 1.55. The number of nitriles is 1. The minimum Gasteiger partial charge on any atom is -0.423 e. The van der Waals surface area contributed by atoms with Crippen LogP contribution in [-0.4, -0.2) is 5.97 Å². The minimum atomic E-state index is -0.375. The van der Waals surface area contributed by atoms with Crippen LogP contribution in [-0.2, 0) is 6.42 Å². The van der Waals surface area contributed by atoms with Gasteiger partial charge in [-0.15, -0.1) is 0 Å². The summed E-state index contributed by atoms with van der Waals surface area (Å²) < 4.78 is 5.53. The number of carbonyl (C=O) groups excluding carboxylic acids is 1. The Morgan fingerprint density at radius 2 is 1.55 bits per heavy atom. The van der Waals surface area contributed by atoms with Crippen molar-refractivity contribution in [3.05, 3.63) is 77.4 Å². The molecule has 0 atom stereocenters. The predicted octanol–water partition coefficient (Wildman–Crippen LogP) is 6.83. The maximum absolute atomic E-state index is 12.5. The number of hydrogen-bond donors (Lipinski definition) is 0. The number of aryl methyl sites for hydroxylation is 1. The number of nitrogens with zero attached hydrogens (tertiary/aromatic N) is 1. The quantitative estimate of drug-likeness (QED) is 0.230. The molecule has 3 rings (SSSR count). The minimum absolute atomic E-state index is 0.375. The molecule has 0 aromatic heterocycles. The van der Waals surface area contributed by atoms with Crippen molar-refractivity contribution >= 4 is 16.7 Å². The first-order chi connectivity index (χ1) is 14.2. The molecule has 0 fully saturated rings. The summed E-state index contributed by atoms with van der Waals surface area (Å²) >= 11 is 0. The van der Waals surface area contributed by atoms with Crippen LogP contribution in [0.25, 0.3) is 10.8 Å². The fourth-order valence-corrected chi connectivity index (χ4v) is 3.44. The Morgan fingerprint density at radius 1 is 0.862 bits per heavy atom. The number of benzene rings is 3. The highest BCUT2D eigenvalue weighted by Gasteiger charge is 2.10. The average Bonchev–Trinajstić information content (AvgIpc) is 2.76. The lowest BCUT2D eigenvalue weighted by atomic mass is 10.0. The van der Waals surface area contributed by atoms with Crippen LogP contribution in [0.5, 0.6) is 5.75 Å². The topological polar surface area (TPSA) is 50.1 Å². The third-order valence-electron chi connectivity index (χ3n) is 5.16. The van der Waals surface area contributed by atoms with Gasteiger partial charge in [-0.3, -0.25) is 0 Å². The summed E-state index contributed by atoms with van der Waals surface area (Å²) in [5, 5.41) is 10.8. The van der Waals surface area contributed by atoms with Crippen molar-refractivity contribution < 1.29 is 9.53 Å². The fourth-order valence-electron chi connectivity index (χ4n) is 3.44. The number of hydrogen-bond acceptors (Lipinski definition) is 3. The molecule has 0 saturated heterocycles. The second kappa shape index (κ2) is 10.4. The molecule has 0 aliphatic carbocycles. The molecule has 0 aliphatic rings. The van der Waals surface area contributed by atoms with Crippen molar-refractivity contribution in [1.29, 1.82) is 5.26 Å². The van der Waals surface area contributed by atoms with Crippen LogP contribution in [0.3, 0.4) is 0 Å². The van der Waals surface area contributed by atoms with E-state index >= 15 is 0 Å². The molecule has 3 aromatic rings. The summed E-state index contributed by atoms with van der Waals surface area (Å²) in [6.07, 6.45) is 8.80. The highest BCUT2D eigenvalue weighted by atomic mass is 16.5. The third-order valence-corrected chi connectivity index (χ3v) is 5.16. The van der Waals surface area contributed by atoms with Crippen LogP contribution in [0.15, 0.2) is 60.7 Å². The number of unbranched alkanes of at least 4 members (excludes halogenated alkanes) is 5. The number of carbonyl (C=O) groups is 1. The molecular weight excluding hydrogens is 358 g/mol. The van der Waals surface area contributed by atoms with Crippen molar-refractivity contribution in [3.63, 3.8) is 0 Å². The zero-order valence-corrected chi connectivity index (χ0v) is 17.0. The number of esters is 1. The summed E-state index contributed by atoms with van der Waals surface area (Å²) in [5.74, 6) is 0.182. The second-order valence-corrected chi connectivity index (χ2v) is 7.44. The van der Waals surface area contributed by atoms with E-state index in [1.165, 1.54) is 44.1 Å². The molecule has 29 heavy (non-hydrogen) atoms. The summed E-state index contributed by atoms with van der Waals surface area (Å²) in [4.78, 5) is 12.5. The Kier molecular flexibility index (Phi) is 7.41. The third kappa shape index (κ3) is 5.93. The molecule has 0 radical (unpaired) electrons. The second-order valence-electron chi connectivity index (χ2n) is 7.44. The van der Waals surface area contributed by atoms with Crippen LogP contribution in [0.2, 0.25) is 0 Å². The van der Waals surface area contributed by atoms with E-state index in [1.54, 1.807) is 18.2 Å². The molecule has 148 valence electrons. The standard InChI is InChI=1S/C26H27NO2/c1-2-3-4-5-6-7-8-20-10-15-25(16-11-20)29-26(28)24-14-13-22-17-21(19-27)9-12-23(22)18-24/h9-18H,2-8H2,1H3. The molecule has 0 bridgehead atoms. The number of rotatable bonds is 9. The largest absolute Gasteiger partial charge is 0.423 e. The molecular formula is C26H27NO2. The van der Waals surface area contributed by atoms with E-state index in [2.05, 4.69) is 13.0 Å². The molecule has 0 unspecified atom stereocenters. The lowest BCUT2D eigenvalue weighted by molar-refractivity contribution is 0.0735. The molecule has 0 aliphatic heterocycles. The Bertz CT molecular complexity index is 999. The maximum Gasteiger partial charge on any atom is 0.343 e. The van der Waals surface area contributed by atoms with Crippen molar-refractivity contribution in [2.75, 3.05) is 0 Å². The van der Waals surface area contributed by atoms with Gasteiger partial charge >= 0.3 is 5.97 Å². The first-order valence-corrected chi connectivity index (χ1v) is 10.4. The van der Waals surface area contributed by atoms with Crippen LogP contribution < -0.4 is 4.74 Å². The van der Waals surface area contributed by atoms with E-state index in [4.69, 9.17) is 10.00 Å². The van der Waals surface area contributed by atoms with Gasteiger partial charge in [0.2, 0.25) is 0 Å². The Morgan fingerprint density at radius 3 is 2.31 bits per heavy atom. The lowest BCUT2D eigenvalue weighted by Crippen LogP contribution is -2.08. The van der Waals surface area contributed by atoms with Gasteiger partial charge in [0.15, 0.2) is 0 Å². The summed E-state index contributed by atoms with van der Waals surface area (Å²) in [7, 11) is 0. The van der Waals surface area contributed by atoms with E-state index in [1.807, 2.05) is 42.5 Å². The number of ether oxygens (including phenoxy) is 1. The van der Waals surface area contributed by atoms with Crippen molar-refractivity contribution in [3.8, 4) is 11.8 Å². The van der Waals surface area contributed by atoms with Gasteiger partial charge in [-0.1, -0.05) is 63.3 Å². The van der Waals surface area contributed by atoms with Gasteiger partial charge in [0.25, 0.3) is 0 Å². The van der Waals surface area contributed by atoms with Gasteiger partial charge in [0.1, 0.15) is 5.75 Å². The van der Waals surface area contributed by atoms with E-state index in [0.717, 1.165) is 17.2 Å². The van der Waals surface area contributed by atoms with E-state index < -0.39 is 0 Å². The molecule has 0 heterocycles. The van der Waals surface area contributed by atoms with Gasteiger partial charge < -0.3 is 4.74 Å². The zero-order chi connectivity index (χ0) is 20.5. The Hall–Kier alpha value is -3.12. The summed E-state index contributed by atoms with van der Waals surface area (Å²) in [6.45, 7) is 2.24. The van der Waals surface area contributed by atoms with Gasteiger partial charge in [0, 0.05) is 0 Å². The SMILES string of the molecule is CCCCCCCCc1ccc(OC(=O)c2ccc3cc(C#N)ccc3c2)cc1. The lowest BCUT2D eigenvalue weighted by Gasteiger charge is -2.07. The molecule has 0 N–H and O–H groups in total. The van der Waals surface area contributed by atoms with Gasteiger partial charge in [-0.2, -0.15) is 5.26 Å². The maximum atomic E-state index is 12.5. The van der Waals surface area contributed by atoms with Crippen molar-refractivity contribution in [1.82, 2.24) is 0 Å². The van der Waals surface area contributed by atoms with Gasteiger partial charge in [-0.25, -0.2) is 4.79 Å². The summed E-state index contributed by atoms with van der Waals surface area (Å²) in [5.41, 5.74) is 2.38. The molecule has 0 spiro atoms. The van der Waals surface area contributed by atoms with E-state index in [0.29, 0.717) is 16.9 Å². The summed E-state index contributed by atoms with van der Waals surface area (Å²) in [6, 6.07) is 20.7. The zero-order valence-electron chi connectivity index (χ0n) is 17.0. The number of fused-ring (bicyclic) bond motifs is 1. The van der Waals surface area contributed by atoms with Crippen molar-refractivity contribution in [2.24, 2.45) is 0 Å². The van der Waals surface area contributed by atoms with Crippen LogP contribution in [0.4, 0.5) is 0 Å². The van der Waals surface area contributed by atoms with Gasteiger partial charge in [-0.05, 0) is 65.6 Å². The fraction of sp³-hybridized carbons (Fsp3) is 0.308. The first-order valence-electron chi connectivity index (χ1n) is 10.4. The first kappa shape index (κ1) is 20.6. The Labute approximate surface area is 172 Å². The molecule has 0 saturated carbocycles. The monoisotopic (exact) mass is 385 g/mol. The van der Waals surface area contributed by atoms with E-state index in [9.17, 15) is 4.79 Å². The average molecular weight is 386 g/mol. The van der Waals surface area contributed by atoms with E-state index in [-0.39, 0.29) is 5.97 Å². The van der Waals surface area contributed by atoms with Crippen LogP contribution >= 0.6 is 0 Å². The highest BCUT2D eigenvalue weighted by Crippen LogP contribution is 2.20. The molecule has 3 nitrogen and oxygen atoms in total. The van der Waals surface area contributed by atoms with Gasteiger partial charge in [0.05, 0.1) is 17.2 Å². The predicted molar refractivity (Wildman–Crippen MR) is 117 cm³/mol. The van der Waals surface area contributed by atoms with Crippen molar-refractivity contribution in [2.45, 2.75) is 51.9 Å². The van der Waals surface area contributed by atoms with Crippen LogP contribution in [0.1, 0.15) is 66.9 Å². The smallest absolute Gasteiger partial charge is 0.343 e. The normalized spacial score (nSPS) is 10.6. The van der Waals surface area contributed by atoms with Crippen LogP contribution in [0, 0.1) is 11.3 Å². The molecule has 0 amide bonds. The molecule has 3 aromatic carbocycles.